The van der Waals surface area contributed by atoms with Crippen molar-refractivity contribution in [3.05, 3.63) is 11.6 Å². The van der Waals surface area contributed by atoms with Gasteiger partial charge in [-0.1, -0.05) is 25.5 Å². The highest BCUT2D eigenvalue weighted by Crippen LogP contribution is 2.33. The Morgan fingerprint density at radius 3 is 2.38 bits per heavy atom. The zero-order valence-corrected chi connectivity index (χ0v) is 10.6. The summed E-state index contributed by atoms with van der Waals surface area (Å²) in [6, 6.07) is 0. The topological polar surface area (TPSA) is 18.5 Å². The summed E-state index contributed by atoms with van der Waals surface area (Å²) in [7, 11) is 0. The maximum atomic E-state index is 5.44. The van der Waals surface area contributed by atoms with Crippen molar-refractivity contribution in [1.29, 1.82) is 0 Å². The Labute approximate surface area is 99.0 Å². The molecule has 0 radical (unpaired) electrons. The molecule has 0 unspecified atom stereocenters. The van der Waals surface area contributed by atoms with E-state index in [1.165, 1.54) is 25.7 Å². The fraction of sp³-hybridized carbons (Fsp3) is 0.857. The van der Waals surface area contributed by atoms with E-state index in [4.69, 9.17) is 9.47 Å². The van der Waals surface area contributed by atoms with Gasteiger partial charge in [0, 0.05) is 6.42 Å². The molecular formula is C14H24O2. The molecule has 2 heteroatoms. The van der Waals surface area contributed by atoms with E-state index in [0.717, 1.165) is 31.5 Å². The standard InChI is InChI=1S/C14H24O2/c1-11(2)13-6-3-12(4-7-13)5-8-14-15-9-10-16-14/h5,11,13-14H,3-4,6-10H2,1-2H3. The van der Waals surface area contributed by atoms with Gasteiger partial charge >= 0.3 is 0 Å². The van der Waals surface area contributed by atoms with Crippen molar-refractivity contribution in [1.82, 2.24) is 0 Å². The van der Waals surface area contributed by atoms with Crippen LogP contribution in [0.2, 0.25) is 0 Å². The zero-order valence-electron chi connectivity index (χ0n) is 10.6. The van der Waals surface area contributed by atoms with E-state index in [0.29, 0.717) is 0 Å². The molecule has 16 heavy (non-hydrogen) atoms. The highest BCUT2D eigenvalue weighted by Gasteiger charge is 2.20. The number of allylic oxidation sites excluding steroid dienone is 1. The Bertz CT molecular complexity index is 229. The molecule has 2 nitrogen and oxygen atoms in total. The van der Waals surface area contributed by atoms with Crippen molar-refractivity contribution in [2.75, 3.05) is 13.2 Å². The van der Waals surface area contributed by atoms with Gasteiger partial charge in [0.05, 0.1) is 13.2 Å². The molecule has 0 aromatic rings. The van der Waals surface area contributed by atoms with Gasteiger partial charge in [-0.15, -0.1) is 0 Å². The second kappa shape index (κ2) is 5.83. The van der Waals surface area contributed by atoms with Gasteiger partial charge in [-0.2, -0.15) is 0 Å². The van der Waals surface area contributed by atoms with Crippen molar-refractivity contribution in [3.63, 3.8) is 0 Å². The van der Waals surface area contributed by atoms with E-state index in [-0.39, 0.29) is 6.29 Å². The highest BCUT2D eigenvalue weighted by atomic mass is 16.7. The monoisotopic (exact) mass is 224 g/mol. The van der Waals surface area contributed by atoms with E-state index in [9.17, 15) is 0 Å². The molecular weight excluding hydrogens is 200 g/mol. The molecule has 1 saturated heterocycles. The van der Waals surface area contributed by atoms with E-state index < -0.39 is 0 Å². The van der Waals surface area contributed by atoms with E-state index in [1.54, 1.807) is 5.57 Å². The Morgan fingerprint density at radius 2 is 1.81 bits per heavy atom. The molecule has 0 spiro atoms. The van der Waals surface area contributed by atoms with Crippen LogP contribution in [0.4, 0.5) is 0 Å². The summed E-state index contributed by atoms with van der Waals surface area (Å²) >= 11 is 0. The molecule has 0 atom stereocenters. The third kappa shape index (κ3) is 3.33. The largest absolute Gasteiger partial charge is 0.350 e. The molecule has 0 bridgehead atoms. The first-order valence-corrected chi connectivity index (χ1v) is 6.67. The van der Waals surface area contributed by atoms with Gasteiger partial charge in [-0.25, -0.2) is 0 Å². The molecule has 2 rings (SSSR count). The predicted molar refractivity (Wildman–Crippen MR) is 65.2 cm³/mol. The first-order chi connectivity index (χ1) is 7.75. The maximum absolute atomic E-state index is 5.44. The van der Waals surface area contributed by atoms with Crippen molar-refractivity contribution >= 4 is 0 Å². The predicted octanol–water partition coefficient (Wildman–Crippen LogP) is 3.52. The fourth-order valence-electron chi connectivity index (χ4n) is 2.69. The zero-order chi connectivity index (χ0) is 11.4. The molecule has 1 heterocycles. The fourth-order valence-corrected chi connectivity index (χ4v) is 2.69. The normalized spacial score (nSPS) is 27.7. The Morgan fingerprint density at radius 1 is 1.19 bits per heavy atom. The van der Waals surface area contributed by atoms with Crippen LogP contribution in [0.15, 0.2) is 11.6 Å². The summed E-state index contributed by atoms with van der Waals surface area (Å²) in [5.74, 6) is 1.79. The van der Waals surface area contributed by atoms with Crippen LogP contribution in [0.5, 0.6) is 0 Å². The molecule has 2 aliphatic rings. The summed E-state index contributed by atoms with van der Waals surface area (Å²) in [6.07, 6.45) is 8.65. The molecule has 1 saturated carbocycles. The van der Waals surface area contributed by atoms with Crippen LogP contribution in [0.1, 0.15) is 46.0 Å². The smallest absolute Gasteiger partial charge is 0.161 e. The van der Waals surface area contributed by atoms with Gasteiger partial charge in [0.1, 0.15) is 0 Å². The second-order valence-corrected chi connectivity index (χ2v) is 5.35. The Balaban J connectivity index is 1.73. The number of hydrogen-bond donors (Lipinski definition) is 0. The van der Waals surface area contributed by atoms with Crippen LogP contribution in [0.3, 0.4) is 0 Å². The summed E-state index contributed by atoms with van der Waals surface area (Å²) in [5, 5.41) is 0. The summed E-state index contributed by atoms with van der Waals surface area (Å²) in [5.41, 5.74) is 1.62. The summed E-state index contributed by atoms with van der Waals surface area (Å²) in [6.45, 7) is 6.23. The SMILES string of the molecule is CC(C)C1CCC(=CCC2OCCO2)CC1. The van der Waals surface area contributed by atoms with Crippen LogP contribution < -0.4 is 0 Å². The van der Waals surface area contributed by atoms with Crippen molar-refractivity contribution in [2.45, 2.75) is 52.2 Å². The van der Waals surface area contributed by atoms with Gasteiger partial charge in [-0.3, -0.25) is 0 Å². The molecule has 2 fully saturated rings. The molecule has 1 aliphatic carbocycles. The molecule has 1 aliphatic heterocycles. The number of hydrogen-bond acceptors (Lipinski definition) is 2. The third-order valence-electron chi connectivity index (χ3n) is 3.91. The highest BCUT2D eigenvalue weighted by molar-refractivity contribution is 5.05. The van der Waals surface area contributed by atoms with Crippen LogP contribution in [0, 0.1) is 11.8 Å². The van der Waals surface area contributed by atoms with Gasteiger partial charge in [-0.05, 0) is 37.5 Å². The van der Waals surface area contributed by atoms with Gasteiger partial charge in [0.15, 0.2) is 6.29 Å². The third-order valence-corrected chi connectivity index (χ3v) is 3.91. The van der Waals surface area contributed by atoms with Crippen molar-refractivity contribution < 1.29 is 9.47 Å². The van der Waals surface area contributed by atoms with Crippen LogP contribution in [-0.2, 0) is 9.47 Å². The van der Waals surface area contributed by atoms with Crippen LogP contribution in [-0.4, -0.2) is 19.5 Å². The van der Waals surface area contributed by atoms with Gasteiger partial charge in [0.25, 0.3) is 0 Å². The minimum atomic E-state index is 0.0373. The molecule has 0 aromatic heterocycles. The van der Waals surface area contributed by atoms with E-state index in [2.05, 4.69) is 19.9 Å². The lowest BCUT2D eigenvalue weighted by molar-refractivity contribution is -0.0382. The first kappa shape index (κ1) is 12.1. The van der Waals surface area contributed by atoms with E-state index in [1.807, 2.05) is 0 Å². The second-order valence-electron chi connectivity index (χ2n) is 5.35. The summed E-state index contributed by atoms with van der Waals surface area (Å²) in [4.78, 5) is 0. The maximum Gasteiger partial charge on any atom is 0.161 e. The number of rotatable bonds is 3. The van der Waals surface area contributed by atoms with Crippen molar-refractivity contribution in [3.8, 4) is 0 Å². The summed E-state index contributed by atoms with van der Waals surface area (Å²) < 4.78 is 10.9. The molecule has 0 aromatic carbocycles. The average Bonchev–Trinajstić information content (AvgIpc) is 2.80. The van der Waals surface area contributed by atoms with Crippen molar-refractivity contribution in [2.24, 2.45) is 11.8 Å². The molecule has 92 valence electrons. The Hall–Kier alpha value is -0.340. The van der Waals surface area contributed by atoms with Crippen LogP contribution >= 0.6 is 0 Å². The average molecular weight is 224 g/mol. The lowest BCUT2D eigenvalue weighted by Crippen LogP contribution is -2.14. The lowest BCUT2D eigenvalue weighted by atomic mass is 9.79. The van der Waals surface area contributed by atoms with Gasteiger partial charge in [0.2, 0.25) is 0 Å². The lowest BCUT2D eigenvalue weighted by Gasteiger charge is -2.27. The van der Waals surface area contributed by atoms with E-state index >= 15 is 0 Å². The molecule has 0 amide bonds. The first-order valence-electron chi connectivity index (χ1n) is 6.67. The quantitative estimate of drug-likeness (QED) is 0.683. The Kier molecular flexibility index (Phi) is 4.42. The minimum Gasteiger partial charge on any atom is -0.350 e. The van der Waals surface area contributed by atoms with Gasteiger partial charge < -0.3 is 9.47 Å². The minimum absolute atomic E-state index is 0.0373. The van der Waals surface area contributed by atoms with Crippen LogP contribution in [0.25, 0.3) is 0 Å². The molecule has 0 N–H and O–H groups in total. The number of ether oxygens (including phenoxy) is 2.